The van der Waals surface area contributed by atoms with Crippen LogP contribution in [0.4, 0.5) is 0 Å². The molecule has 0 spiro atoms. The molecule has 0 saturated carbocycles. The number of nitrogens with zero attached hydrogens (tertiary/aromatic N) is 5. The second kappa shape index (κ2) is 14.2. The first-order chi connectivity index (χ1) is 23.1. The van der Waals surface area contributed by atoms with Gasteiger partial charge in [0.05, 0.1) is 2.74 Å². The molecule has 0 aliphatic carbocycles. The molecule has 8 rings (SSSR count). The monoisotopic (exact) mass is 971 g/mol. The van der Waals surface area contributed by atoms with Crippen LogP contribution < -0.4 is 9.47 Å². The first kappa shape index (κ1) is 29.4. The molecule has 4 aromatic carbocycles. The first-order valence-corrected chi connectivity index (χ1v) is 14.1. The maximum atomic E-state index is 8.19. The molecule has 0 aliphatic rings. The minimum absolute atomic E-state index is 0. The van der Waals surface area contributed by atoms with E-state index in [1.54, 1.807) is 17.0 Å². The third-order valence-corrected chi connectivity index (χ3v) is 7.05. The average molecular weight is 972 g/mol. The Morgan fingerprint density at radius 3 is 1.45 bits per heavy atom. The van der Waals surface area contributed by atoms with Gasteiger partial charge in [-0.05, 0) is 29.6 Å². The molecule has 0 aliphatic heterocycles. The number of ether oxygens (including phenoxy) is 2. The number of pyridine rings is 2. The van der Waals surface area contributed by atoms with E-state index in [2.05, 4.69) is 44.2 Å². The molecule has 0 unspecified atom stereocenters. The summed E-state index contributed by atoms with van der Waals surface area (Å²) >= 11 is 0. The van der Waals surface area contributed by atoms with Crippen molar-refractivity contribution in [2.45, 2.75) is 0 Å². The van der Waals surface area contributed by atoms with Crippen molar-refractivity contribution >= 4 is 21.8 Å². The van der Waals surface area contributed by atoms with Crippen molar-refractivity contribution in [3.63, 3.8) is 0 Å². The summed E-state index contributed by atoms with van der Waals surface area (Å²) in [5.74, 6) is 1.99. The topological polar surface area (TPSA) is 75.0 Å². The Bertz CT molecular complexity index is 2250. The summed E-state index contributed by atoms with van der Waals surface area (Å²) < 4.78 is 30.5. The van der Waals surface area contributed by atoms with E-state index in [0.29, 0.717) is 34.0 Å². The summed E-state index contributed by atoms with van der Waals surface area (Å²) in [7, 11) is 0. The maximum absolute atomic E-state index is 8.19. The standard InChI is InChI=1S/C38H21N5O2.2Pt/c1-3-18-39-34(12-1)26-8-5-10-28(22-26)44-30-14-16-32-33-17-15-31(25-37(33)43(36(32)24-30)38-41-20-7-21-42-38)45-29-11-6-9-27(23-29)35-13-2-4-19-40-35;;/h1-21H;;/q-4;2*+2/i20D,21D;;. The fourth-order valence-electron chi connectivity index (χ4n) is 5.07. The molecule has 0 amide bonds. The smallest absolute Gasteiger partial charge is 0.503 e. The Hall–Kier alpha value is -4.96. The molecule has 0 radical (unpaired) electrons. The molecule has 4 heterocycles. The van der Waals surface area contributed by atoms with E-state index in [0.717, 1.165) is 33.3 Å². The van der Waals surface area contributed by atoms with E-state index in [-0.39, 0.29) is 60.4 Å². The van der Waals surface area contributed by atoms with E-state index < -0.39 is 0 Å². The van der Waals surface area contributed by atoms with Crippen LogP contribution in [0, 0.1) is 24.3 Å². The number of aromatic nitrogens is 5. The number of hydrogen-bond donors (Lipinski definition) is 0. The third kappa shape index (κ3) is 6.64. The van der Waals surface area contributed by atoms with Crippen molar-refractivity contribution in [1.29, 1.82) is 0 Å². The molecular formula is C38H21N5O2Pt2. The average Bonchev–Trinajstić information content (AvgIpc) is 3.41. The number of benzene rings is 4. The summed E-state index contributed by atoms with van der Waals surface area (Å²) in [5.41, 5.74) is 4.33. The Labute approximate surface area is 302 Å². The van der Waals surface area contributed by atoms with E-state index in [1.807, 2.05) is 97.1 Å². The minimum atomic E-state index is -0.0864. The van der Waals surface area contributed by atoms with Crippen LogP contribution in [-0.4, -0.2) is 24.5 Å². The molecule has 0 fully saturated rings. The quantitative estimate of drug-likeness (QED) is 0.149. The Morgan fingerprint density at radius 2 is 0.979 bits per heavy atom. The fraction of sp³-hybridized carbons (Fsp3) is 0. The molecule has 47 heavy (non-hydrogen) atoms. The summed E-state index contributed by atoms with van der Waals surface area (Å²) in [5, 5.41) is 1.66. The molecule has 7 nitrogen and oxygen atoms in total. The van der Waals surface area contributed by atoms with E-state index >= 15 is 0 Å². The molecule has 0 saturated heterocycles. The van der Waals surface area contributed by atoms with Crippen LogP contribution in [0.5, 0.6) is 23.0 Å². The van der Waals surface area contributed by atoms with Gasteiger partial charge in [-0.3, -0.25) is 0 Å². The van der Waals surface area contributed by atoms with Gasteiger partial charge in [-0.2, -0.15) is 22.9 Å². The van der Waals surface area contributed by atoms with Gasteiger partial charge in [0.2, 0.25) is 5.95 Å². The largest absolute Gasteiger partial charge is 2.00 e. The second-order valence-electron chi connectivity index (χ2n) is 9.92. The number of rotatable bonds is 7. The molecule has 9 heteroatoms. The van der Waals surface area contributed by atoms with Crippen LogP contribution in [0.25, 0.3) is 50.3 Å². The van der Waals surface area contributed by atoms with Crippen LogP contribution in [0.15, 0.2) is 128 Å². The van der Waals surface area contributed by atoms with Gasteiger partial charge in [0, 0.05) is 47.7 Å². The summed E-state index contributed by atoms with van der Waals surface area (Å²) in [4.78, 5) is 17.5. The van der Waals surface area contributed by atoms with E-state index in [4.69, 9.17) is 12.2 Å². The van der Waals surface area contributed by atoms with Crippen LogP contribution in [0.1, 0.15) is 2.74 Å². The van der Waals surface area contributed by atoms with Crippen molar-refractivity contribution in [2.75, 3.05) is 0 Å². The Balaban J connectivity index is 0.00000208. The van der Waals surface area contributed by atoms with Crippen molar-refractivity contribution in [1.82, 2.24) is 24.5 Å². The van der Waals surface area contributed by atoms with Gasteiger partial charge in [-0.15, -0.1) is 71.8 Å². The van der Waals surface area contributed by atoms with Gasteiger partial charge in [0.25, 0.3) is 0 Å². The van der Waals surface area contributed by atoms with Gasteiger partial charge >= 0.3 is 42.1 Å². The van der Waals surface area contributed by atoms with Crippen LogP contribution in [0.2, 0.25) is 0 Å². The van der Waals surface area contributed by atoms with Gasteiger partial charge in [-0.1, -0.05) is 47.4 Å². The zero-order valence-electron chi connectivity index (χ0n) is 26.2. The zero-order chi connectivity index (χ0) is 31.7. The SMILES string of the molecule is [2H]c1cc([2H])nc(-n2c3[c-]c(Oc4[c-]c(-c5ccccn5)ccc4)ccc3c3ccc(Oc4[c-]c(-c5ccccn5)ccc4)[c-]c32)n1.[Pt+2].[Pt+2]. The predicted molar refractivity (Wildman–Crippen MR) is 171 cm³/mol. The normalized spacial score (nSPS) is 11.2. The van der Waals surface area contributed by atoms with Crippen LogP contribution >= 0.6 is 0 Å². The first-order valence-electron chi connectivity index (χ1n) is 15.1. The maximum Gasteiger partial charge on any atom is 2.00 e. The molecule has 0 bridgehead atoms. The second-order valence-corrected chi connectivity index (χ2v) is 9.92. The number of fused-ring (bicyclic) bond motifs is 3. The van der Waals surface area contributed by atoms with Crippen molar-refractivity contribution in [3.8, 4) is 51.5 Å². The summed E-state index contributed by atoms with van der Waals surface area (Å²) in [6.07, 6.45) is 3.30. The van der Waals surface area contributed by atoms with Crippen molar-refractivity contribution in [3.05, 3.63) is 152 Å². The van der Waals surface area contributed by atoms with Crippen molar-refractivity contribution < 1.29 is 54.3 Å². The molecular weight excluding hydrogens is 949 g/mol. The molecule has 4 aromatic heterocycles. The fourth-order valence-corrected chi connectivity index (χ4v) is 5.07. The third-order valence-electron chi connectivity index (χ3n) is 7.05. The van der Waals surface area contributed by atoms with Gasteiger partial charge in [-0.25, -0.2) is 9.97 Å². The zero-order valence-corrected chi connectivity index (χ0v) is 28.7. The van der Waals surface area contributed by atoms with Gasteiger partial charge < -0.3 is 24.0 Å². The summed E-state index contributed by atoms with van der Waals surface area (Å²) in [6, 6.07) is 44.7. The Kier molecular flexibility index (Phi) is 8.90. The predicted octanol–water partition coefficient (Wildman–Crippen LogP) is 8.48. The van der Waals surface area contributed by atoms with Gasteiger partial charge in [0.15, 0.2) is 0 Å². The molecule has 0 atom stereocenters. The van der Waals surface area contributed by atoms with Gasteiger partial charge in [0.1, 0.15) is 0 Å². The molecule has 230 valence electrons. The van der Waals surface area contributed by atoms with E-state index in [9.17, 15) is 0 Å². The minimum Gasteiger partial charge on any atom is -0.503 e. The number of hydrogen-bond acceptors (Lipinski definition) is 6. The van der Waals surface area contributed by atoms with E-state index in [1.165, 1.54) is 6.07 Å². The van der Waals surface area contributed by atoms with Crippen LogP contribution in [-0.2, 0) is 42.1 Å². The molecule has 8 aromatic rings. The Morgan fingerprint density at radius 1 is 0.489 bits per heavy atom. The van der Waals surface area contributed by atoms with Crippen molar-refractivity contribution in [2.24, 2.45) is 0 Å². The molecule has 0 N–H and O–H groups in total. The summed E-state index contributed by atoms with van der Waals surface area (Å²) in [6.45, 7) is 0. The van der Waals surface area contributed by atoms with Crippen LogP contribution in [0.3, 0.4) is 0 Å².